The fourth-order valence-corrected chi connectivity index (χ4v) is 11.0. The van der Waals surface area contributed by atoms with Crippen molar-refractivity contribution in [1.29, 1.82) is 0 Å². The van der Waals surface area contributed by atoms with Crippen molar-refractivity contribution in [3.63, 3.8) is 0 Å². The second-order valence-corrected chi connectivity index (χ2v) is 18.0. The van der Waals surface area contributed by atoms with Gasteiger partial charge in [-0.1, -0.05) is 134 Å². The van der Waals surface area contributed by atoms with Crippen LogP contribution in [0, 0.1) is 6.92 Å². The van der Waals surface area contributed by atoms with Gasteiger partial charge < -0.3 is 28.7 Å². The number of hydrogen-bond acceptors (Lipinski definition) is 6. The van der Waals surface area contributed by atoms with Crippen molar-refractivity contribution < 1.29 is 14.0 Å². The van der Waals surface area contributed by atoms with E-state index in [1.165, 1.54) is 0 Å². The Bertz CT molecular complexity index is 3520. The number of hydrogen-bond donors (Lipinski definition) is 0. The Hall–Kier alpha value is -8.87. The second kappa shape index (κ2) is 16.7. The molecule has 0 saturated carbocycles. The fourth-order valence-electron chi connectivity index (χ4n) is 11.0. The maximum atomic E-state index is 7.44. The average Bonchev–Trinajstić information content (AvgIpc) is 3.41. The Labute approximate surface area is 409 Å². The molecular weight excluding hydrogens is 856 g/mol. The smallest absolute Gasteiger partial charge is 0.434 e. The normalized spacial score (nSPS) is 13.3. The van der Waals surface area contributed by atoms with Gasteiger partial charge in [-0.15, -0.1) is 0 Å². The zero-order valence-corrected chi connectivity index (χ0v) is 38.8. The summed E-state index contributed by atoms with van der Waals surface area (Å²) in [5.74, 6) is 3.18. The molecule has 13 rings (SSSR count). The number of rotatable bonds is 9. The lowest BCUT2D eigenvalue weighted by atomic mass is 9.45. The zero-order valence-electron chi connectivity index (χ0n) is 38.8. The van der Waals surface area contributed by atoms with Gasteiger partial charge in [0.15, 0.2) is 0 Å². The van der Waals surface area contributed by atoms with Crippen LogP contribution < -0.4 is 50.6 Å². The Morgan fingerprint density at radius 1 is 0.500 bits per heavy atom. The summed E-state index contributed by atoms with van der Waals surface area (Å²) >= 11 is 0. The van der Waals surface area contributed by atoms with Gasteiger partial charge in [0.05, 0.1) is 11.4 Å². The first-order chi connectivity index (χ1) is 34.6. The summed E-state index contributed by atoms with van der Waals surface area (Å²) in [6, 6.07) is 70.5. The Morgan fingerprint density at radius 2 is 0.971 bits per heavy atom. The molecule has 6 nitrogen and oxygen atoms in total. The van der Waals surface area contributed by atoms with Gasteiger partial charge in [0, 0.05) is 79.0 Å². The summed E-state index contributed by atoms with van der Waals surface area (Å²) in [7, 11) is 0. The number of anilines is 8. The highest BCUT2D eigenvalue weighted by molar-refractivity contribution is 6.88. The topological polar surface area (TPSA) is 37.4 Å². The molecule has 9 aromatic carbocycles. The van der Waals surface area contributed by atoms with Crippen LogP contribution in [0.25, 0.3) is 22.3 Å². The molecule has 0 amide bonds. The maximum absolute atomic E-state index is 7.44. The SMILES string of the molecule is C=C/C=C(\C=C/C)N1c2cc(N(c3ccccc3)c3ccccc3)cc3c2B(Oc2ccccc2-3)c2cc3c(c(C)c21)Oc1cc(N(c2ccccc2)c2ccccc2)cc2c1B3Oc1ccccc1-2. The van der Waals surface area contributed by atoms with Gasteiger partial charge in [0.25, 0.3) is 0 Å². The molecule has 0 N–H and O–H groups in total. The first-order valence-electron chi connectivity index (χ1n) is 23.9. The van der Waals surface area contributed by atoms with Crippen molar-refractivity contribution in [2.24, 2.45) is 0 Å². The van der Waals surface area contributed by atoms with Crippen molar-refractivity contribution in [2.45, 2.75) is 13.8 Å². The highest BCUT2D eigenvalue weighted by Crippen LogP contribution is 2.50. The molecule has 8 heteroatoms. The Balaban J connectivity index is 1.07. The minimum absolute atomic E-state index is 0.453. The zero-order chi connectivity index (χ0) is 46.9. The van der Waals surface area contributed by atoms with Crippen LogP contribution in [0.5, 0.6) is 23.0 Å². The van der Waals surface area contributed by atoms with E-state index in [0.717, 1.165) is 124 Å². The molecule has 0 radical (unpaired) electrons. The minimum Gasteiger partial charge on any atom is -0.551 e. The summed E-state index contributed by atoms with van der Waals surface area (Å²) in [6.45, 7) is 7.56. The van der Waals surface area contributed by atoms with Gasteiger partial charge >= 0.3 is 13.8 Å². The molecule has 0 fully saturated rings. The lowest BCUT2D eigenvalue weighted by Gasteiger charge is -2.43. The molecule has 0 bridgehead atoms. The minimum atomic E-state index is -0.458. The van der Waals surface area contributed by atoms with E-state index in [1.54, 1.807) is 0 Å². The lowest BCUT2D eigenvalue weighted by Crippen LogP contribution is -2.60. The largest absolute Gasteiger partial charge is 0.551 e. The van der Waals surface area contributed by atoms with E-state index in [4.69, 9.17) is 14.0 Å². The van der Waals surface area contributed by atoms with Crippen molar-refractivity contribution in [3.8, 4) is 45.3 Å². The van der Waals surface area contributed by atoms with Crippen molar-refractivity contribution in [2.75, 3.05) is 14.7 Å². The fraction of sp³-hybridized carbons (Fsp3) is 0.0323. The van der Waals surface area contributed by atoms with Crippen LogP contribution in [0.15, 0.2) is 237 Å². The van der Waals surface area contributed by atoms with Gasteiger partial charge in [0.1, 0.15) is 23.0 Å². The quantitative estimate of drug-likeness (QED) is 0.106. The van der Waals surface area contributed by atoms with Crippen molar-refractivity contribution in [3.05, 3.63) is 242 Å². The van der Waals surface area contributed by atoms with Crippen molar-refractivity contribution >= 4 is 81.2 Å². The van der Waals surface area contributed by atoms with Crippen LogP contribution in [-0.2, 0) is 0 Å². The number of allylic oxidation sites excluding steroid dienone is 4. The third-order valence-electron chi connectivity index (χ3n) is 13.9. The molecule has 0 aliphatic carbocycles. The van der Waals surface area contributed by atoms with E-state index in [-0.39, 0.29) is 0 Å². The molecule has 0 aromatic heterocycles. The Kier molecular flexibility index (Phi) is 9.87. The number of fused-ring (bicyclic) bond motifs is 8. The van der Waals surface area contributed by atoms with Gasteiger partial charge in [-0.25, -0.2) is 0 Å². The van der Waals surface area contributed by atoms with Crippen molar-refractivity contribution in [1.82, 2.24) is 0 Å². The van der Waals surface area contributed by atoms with Gasteiger partial charge in [-0.3, -0.25) is 0 Å². The molecule has 0 atom stereocenters. The first-order valence-corrected chi connectivity index (χ1v) is 23.9. The molecule has 4 aliphatic heterocycles. The van der Waals surface area contributed by atoms with E-state index in [1.807, 2.05) is 6.08 Å². The molecule has 0 unspecified atom stereocenters. The van der Waals surface area contributed by atoms with Gasteiger partial charge in [0.2, 0.25) is 0 Å². The molecule has 0 saturated heterocycles. The summed E-state index contributed by atoms with van der Waals surface area (Å²) < 4.78 is 21.9. The molecule has 4 aliphatic rings. The highest BCUT2D eigenvalue weighted by atomic mass is 16.5. The summed E-state index contributed by atoms with van der Waals surface area (Å²) in [4.78, 5) is 7.03. The molecule has 70 heavy (non-hydrogen) atoms. The summed E-state index contributed by atoms with van der Waals surface area (Å²) in [5, 5.41) is 0. The predicted molar refractivity (Wildman–Crippen MR) is 291 cm³/mol. The molecular formula is C62H45B2N3O3. The van der Waals surface area contributed by atoms with Gasteiger partial charge in [-0.05, 0) is 121 Å². The first kappa shape index (κ1) is 41.3. The van der Waals surface area contributed by atoms with Crippen LogP contribution in [0.1, 0.15) is 12.5 Å². The van der Waals surface area contributed by atoms with E-state index >= 15 is 0 Å². The third-order valence-corrected chi connectivity index (χ3v) is 13.9. The number of benzene rings is 9. The number of nitrogens with zero attached hydrogens (tertiary/aromatic N) is 3. The molecule has 332 valence electrons. The number of ether oxygens (including phenoxy) is 1. The van der Waals surface area contributed by atoms with Gasteiger partial charge in [-0.2, -0.15) is 0 Å². The van der Waals surface area contributed by atoms with Crippen LogP contribution in [-0.4, -0.2) is 13.8 Å². The van der Waals surface area contributed by atoms with E-state index in [9.17, 15) is 0 Å². The van der Waals surface area contributed by atoms with E-state index in [2.05, 4.69) is 254 Å². The van der Waals surface area contributed by atoms with Crippen LogP contribution >= 0.6 is 0 Å². The van der Waals surface area contributed by atoms with Crippen LogP contribution in [0.3, 0.4) is 0 Å². The summed E-state index contributed by atoms with van der Waals surface area (Å²) in [5.41, 5.74) is 18.5. The lowest BCUT2D eigenvalue weighted by molar-refractivity contribution is 0.476. The van der Waals surface area contributed by atoms with Crippen LogP contribution in [0.2, 0.25) is 0 Å². The standard InChI is InChI=1S/C62H45B2N3O3/c1-4-22-42(23-5-2)67-55-38-47(65(43-24-10-6-11-25-43)44-26-12-7-13-27-44)36-51-49-32-18-20-34-56(49)69-63(59(51)55)53-40-54-62(41(3)61(53)67)68-58-39-48(37-52-50-33-19-21-35-57(50)70-64(54)60(52)58)66(45-28-14-8-15-29-45)46-30-16-9-17-31-46/h4-40H,1H2,2-3H3/b23-5-,42-22+. The van der Waals surface area contributed by atoms with E-state index in [0.29, 0.717) is 0 Å². The third kappa shape index (κ3) is 6.51. The van der Waals surface area contributed by atoms with E-state index < -0.39 is 13.8 Å². The Morgan fingerprint density at radius 3 is 1.49 bits per heavy atom. The molecule has 4 heterocycles. The maximum Gasteiger partial charge on any atom is 0.434 e. The number of para-hydroxylation sites is 6. The highest BCUT2D eigenvalue weighted by Gasteiger charge is 2.49. The van der Waals surface area contributed by atoms with Crippen LogP contribution in [0.4, 0.5) is 45.5 Å². The predicted octanol–water partition coefficient (Wildman–Crippen LogP) is 13.5. The monoisotopic (exact) mass is 901 g/mol. The molecule has 9 aromatic rings. The second-order valence-electron chi connectivity index (χ2n) is 18.0. The average molecular weight is 902 g/mol. The molecule has 0 spiro atoms. The summed E-state index contributed by atoms with van der Waals surface area (Å²) in [6.07, 6.45) is 8.20.